The van der Waals surface area contributed by atoms with Gasteiger partial charge in [0.05, 0.1) is 12.7 Å². The van der Waals surface area contributed by atoms with Gasteiger partial charge < -0.3 is 15.8 Å². The van der Waals surface area contributed by atoms with E-state index in [2.05, 4.69) is 61.3 Å². The van der Waals surface area contributed by atoms with Gasteiger partial charge in [0.2, 0.25) is 5.65 Å². The summed E-state index contributed by atoms with van der Waals surface area (Å²) in [6, 6.07) is 18.3. The molecule has 3 aromatic heterocycles. The molecule has 6 bridgehead atoms. The van der Waals surface area contributed by atoms with Crippen LogP contribution >= 0.6 is 0 Å². The minimum Gasteiger partial charge on any atom is -0.457 e. The molecule has 6 rings (SSSR count). The second-order valence-corrected chi connectivity index (χ2v) is 8.84. The molecule has 35 heavy (non-hydrogen) atoms. The van der Waals surface area contributed by atoms with Gasteiger partial charge in [0, 0.05) is 12.1 Å². The number of nitrogens with two attached hydrogens (primary N) is 1. The Bertz CT molecular complexity index is 1470. The van der Waals surface area contributed by atoms with E-state index >= 15 is 0 Å². The van der Waals surface area contributed by atoms with E-state index in [1.165, 1.54) is 5.56 Å². The molecular formula is C26H26N8O. The van der Waals surface area contributed by atoms with E-state index in [0.29, 0.717) is 18.0 Å². The van der Waals surface area contributed by atoms with Crippen molar-refractivity contribution in [1.82, 2.24) is 35.5 Å². The number of nitrogens with one attached hydrogen (secondary N) is 2. The van der Waals surface area contributed by atoms with E-state index in [0.717, 1.165) is 59.6 Å². The van der Waals surface area contributed by atoms with Gasteiger partial charge >= 0.3 is 0 Å². The molecule has 0 fully saturated rings. The number of aromatic amines is 1. The van der Waals surface area contributed by atoms with Crippen LogP contribution in [0.25, 0.3) is 11.2 Å². The quantitative estimate of drug-likeness (QED) is 0.345. The summed E-state index contributed by atoms with van der Waals surface area (Å²) in [4.78, 5) is 4.31. The van der Waals surface area contributed by atoms with Gasteiger partial charge in [-0.25, -0.2) is 4.98 Å². The molecule has 1 unspecified atom stereocenters. The summed E-state index contributed by atoms with van der Waals surface area (Å²) in [5.41, 5.74) is 11.8. The maximum absolute atomic E-state index is 6.16. The highest BCUT2D eigenvalue weighted by Crippen LogP contribution is 2.32. The Morgan fingerprint density at radius 2 is 1.80 bits per heavy atom. The van der Waals surface area contributed by atoms with Crippen LogP contribution in [0.3, 0.4) is 0 Å². The average Bonchev–Trinajstić information content (AvgIpc) is 3.51. The number of fused-ring (bicyclic) bond motifs is 7. The van der Waals surface area contributed by atoms with Gasteiger partial charge in [0.1, 0.15) is 22.8 Å². The summed E-state index contributed by atoms with van der Waals surface area (Å²) in [5.74, 6) is 2.13. The number of H-pyrrole nitrogens is 1. The maximum Gasteiger partial charge on any atom is 0.203 e. The van der Waals surface area contributed by atoms with Gasteiger partial charge in [0.15, 0.2) is 0 Å². The number of benzene rings is 2. The average molecular weight is 467 g/mol. The molecule has 1 atom stereocenters. The number of aromatic nitrogens is 6. The summed E-state index contributed by atoms with van der Waals surface area (Å²) in [6.45, 7) is 2.33. The van der Waals surface area contributed by atoms with Gasteiger partial charge in [-0.1, -0.05) is 24.3 Å². The topological polar surface area (TPSA) is 120 Å². The molecule has 0 spiro atoms. The fourth-order valence-electron chi connectivity index (χ4n) is 4.69. The van der Waals surface area contributed by atoms with E-state index in [-0.39, 0.29) is 5.92 Å². The summed E-state index contributed by atoms with van der Waals surface area (Å²) in [5, 5.41) is 19.5. The molecule has 0 radical (unpaired) electrons. The smallest absolute Gasteiger partial charge is 0.203 e. The largest absolute Gasteiger partial charge is 0.457 e. The molecule has 1 aliphatic rings. The van der Waals surface area contributed by atoms with Crippen molar-refractivity contribution in [2.24, 2.45) is 0 Å². The monoisotopic (exact) mass is 466 g/mol. The van der Waals surface area contributed by atoms with Crippen LogP contribution < -0.4 is 15.8 Å². The van der Waals surface area contributed by atoms with E-state index < -0.39 is 0 Å². The number of anilines is 1. The molecule has 9 heteroatoms. The van der Waals surface area contributed by atoms with Crippen LogP contribution in [-0.2, 0) is 13.0 Å². The minimum atomic E-state index is 0.0443. The number of hydrogen-bond donors (Lipinski definition) is 3. The number of ether oxygens (including phenoxy) is 1. The highest BCUT2D eigenvalue weighted by Gasteiger charge is 2.22. The van der Waals surface area contributed by atoms with Crippen molar-refractivity contribution in [3.05, 3.63) is 89.2 Å². The van der Waals surface area contributed by atoms with Crippen LogP contribution in [0.1, 0.15) is 34.6 Å². The molecule has 0 saturated carbocycles. The van der Waals surface area contributed by atoms with Crippen molar-refractivity contribution < 1.29 is 4.74 Å². The first-order valence-corrected chi connectivity index (χ1v) is 11.8. The first-order valence-electron chi connectivity index (χ1n) is 11.8. The molecule has 9 nitrogen and oxygen atoms in total. The molecule has 176 valence electrons. The Balaban J connectivity index is 1.38. The van der Waals surface area contributed by atoms with Gasteiger partial charge in [-0.15, -0.1) is 5.10 Å². The van der Waals surface area contributed by atoms with Crippen LogP contribution in [0.15, 0.2) is 67.0 Å². The van der Waals surface area contributed by atoms with Gasteiger partial charge in [-0.3, -0.25) is 4.68 Å². The Morgan fingerprint density at radius 3 is 2.69 bits per heavy atom. The van der Waals surface area contributed by atoms with Crippen molar-refractivity contribution in [3.8, 4) is 11.5 Å². The Hall–Kier alpha value is -4.24. The molecule has 4 N–H and O–H groups in total. The van der Waals surface area contributed by atoms with Gasteiger partial charge in [0.25, 0.3) is 0 Å². The SMILES string of the molecule is Nc1cc(C2CCNCCc3cccc(c3)Oc3cccc(c3)Cn3cc2cn3)c2n[nH]nc2n1. The lowest BCUT2D eigenvalue weighted by Crippen LogP contribution is -2.21. The third-order valence-electron chi connectivity index (χ3n) is 6.35. The van der Waals surface area contributed by atoms with Crippen molar-refractivity contribution in [3.63, 3.8) is 0 Å². The van der Waals surface area contributed by atoms with E-state index in [1.54, 1.807) is 0 Å². The van der Waals surface area contributed by atoms with Crippen LogP contribution in [0.4, 0.5) is 5.82 Å². The predicted octanol–water partition coefficient (Wildman–Crippen LogP) is 3.64. The first-order chi connectivity index (χ1) is 17.2. The van der Waals surface area contributed by atoms with Crippen molar-refractivity contribution in [1.29, 1.82) is 0 Å². The molecule has 0 aliphatic carbocycles. The Kier molecular flexibility index (Phi) is 5.59. The second-order valence-electron chi connectivity index (χ2n) is 8.84. The standard InChI is InChI=1S/C26H26N8O/c27-24-13-23(25-26(30-24)32-33-31-25)22-8-10-28-9-7-17-3-1-5-20(11-17)35-21-6-2-4-18(12-21)15-34-16-19(22)14-29-34/h1-6,11-14,16,22,28H,7-10,15H2,(H3,27,30,31,32,33). The Labute approximate surface area is 202 Å². The molecular weight excluding hydrogens is 440 g/mol. The second kappa shape index (κ2) is 9.19. The van der Waals surface area contributed by atoms with E-state index in [9.17, 15) is 0 Å². The molecule has 1 aliphatic heterocycles. The highest BCUT2D eigenvalue weighted by atomic mass is 16.5. The molecule has 2 aromatic carbocycles. The number of nitrogens with zero attached hydrogens (tertiary/aromatic N) is 5. The van der Waals surface area contributed by atoms with Crippen LogP contribution in [0.5, 0.6) is 11.5 Å². The number of pyridine rings is 1. The number of rotatable bonds is 1. The fourth-order valence-corrected chi connectivity index (χ4v) is 4.69. The lowest BCUT2D eigenvalue weighted by molar-refractivity contribution is 0.480. The van der Waals surface area contributed by atoms with Crippen LogP contribution in [0.2, 0.25) is 0 Å². The summed E-state index contributed by atoms with van der Waals surface area (Å²) in [7, 11) is 0. The minimum absolute atomic E-state index is 0.0443. The fraction of sp³-hybridized carbons (Fsp3) is 0.231. The van der Waals surface area contributed by atoms with E-state index in [1.807, 2.05) is 41.2 Å². The highest BCUT2D eigenvalue weighted by molar-refractivity contribution is 5.77. The first kappa shape index (κ1) is 21.3. The maximum atomic E-state index is 6.16. The normalized spacial score (nSPS) is 16.5. The molecule has 5 aromatic rings. The van der Waals surface area contributed by atoms with Crippen LogP contribution in [-0.4, -0.2) is 43.3 Å². The number of nitrogen functional groups attached to an aromatic ring is 1. The van der Waals surface area contributed by atoms with Gasteiger partial charge in [-0.2, -0.15) is 15.4 Å². The molecule has 0 amide bonds. The molecule has 0 saturated heterocycles. The number of hydrogen-bond acceptors (Lipinski definition) is 7. The van der Waals surface area contributed by atoms with Gasteiger partial charge in [-0.05, 0) is 78.5 Å². The van der Waals surface area contributed by atoms with Crippen molar-refractivity contribution in [2.45, 2.75) is 25.3 Å². The van der Waals surface area contributed by atoms with Crippen molar-refractivity contribution >= 4 is 17.0 Å². The van der Waals surface area contributed by atoms with E-state index in [4.69, 9.17) is 10.5 Å². The van der Waals surface area contributed by atoms with Crippen molar-refractivity contribution in [2.75, 3.05) is 18.8 Å². The summed E-state index contributed by atoms with van der Waals surface area (Å²) < 4.78 is 8.11. The zero-order chi connectivity index (χ0) is 23.6. The van der Waals surface area contributed by atoms with Crippen LogP contribution in [0, 0.1) is 0 Å². The Morgan fingerprint density at radius 1 is 0.971 bits per heavy atom. The zero-order valence-corrected chi connectivity index (χ0v) is 19.2. The third kappa shape index (κ3) is 4.58. The zero-order valence-electron chi connectivity index (χ0n) is 19.2. The lowest BCUT2D eigenvalue weighted by atomic mass is 9.90. The lowest BCUT2D eigenvalue weighted by Gasteiger charge is -2.17. The summed E-state index contributed by atoms with van der Waals surface area (Å²) in [6.07, 6.45) is 5.80. The summed E-state index contributed by atoms with van der Waals surface area (Å²) >= 11 is 0. The predicted molar refractivity (Wildman–Crippen MR) is 133 cm³/mol. The third-order valence-corrected chi connectivity index (χ3v) is 6.35. The molecule has 4 heterocycles.